The molecular formula is C13H16NO6S. The molecule has 2 rings (SSSR count). The van der Waals surface area contributed by atoms with Gasteiger partial charge in [-0.1, -0.05) is 12.2 Å². The van der Waals surface area contributed by atoms with Crippen LogP contribution >= 0.6 is 12.2 Å². The molecule has 21 heavy (non-hydrogen) atoms. The van der Waals surface area contributed by atoms with E-state index < -0.39 is 37.3 Å². The number of benzene rings is 1. The fourth-order valence-corrected chi connectivity index (χ4v) is 2.09. The highest BCUT2D eigenvalue weighted by Crippen LogP contribution is 2.25. The van der Waals surface area contributed by atoms with Gasteiger partial charge < -0.3 is 35.2 Å². The molecule has 1 radical (unpaired) electrons. The summed E-state index contributed by atoms with van der Waals surface area (Å²) in [6.07, 6.45) is -6.51. The first kappa shape index (κ1) is 16.1. The van der Waals surface area contributed by atoms with Crippen LogP contribution in [-0.4, -0.2) is 63.2 Å². The SMILES string of the molecule is OC[C@H]1O[C@H](Oc2ccc(N[C]=S)cc2)[C@H](O)[C@@H](O)[C@@H]1O. The van der Waals surface area contributed by atoms with Crippen molar-refractivity contribution < 1.29 is 29.9 Å². The van der Waals surface area contributed by atoms with Gasteiger partial charge in [0.1, 0.15) is 35.7 Å². The second kappa shape index (κ2) is 7.12. The highest BCUT2D eigenvalue weighted by molar-refractivity contribution is 7.79. The highest BCUT2D eigenvalue weighted by atomic mass is 32.1. The van der Waals surface area contributed by atoms with Crippen LogP contribution in [0.2, 0.25) is 0 Å². The van der Waals surface area contributed by atoms with E-state index in [1.165, 1.54) is 0 Å². The van der Waals surface area contributed by atoms with Gasteiger partial charge in [-0.25, -0.2) is 0 Å². The summed E-state index contributed by atoms with van der Waals surface area (Å²) in [5.41, 5.74) is 3.07. The number of aliphatic hydroxyl groups is 4. The normalized spacial score (nSPS) is 32.5. The third kappa shape index (κ3) is 3.67. The minimum absolute atomic E-state index is 0.384. The molecule has 5 atom stereocenters. The summed E-state index contributed by atoms with van der Waals surface area (Å²) < 4.78 is 10.7. The molecule has 0 amide bonds. The predicted octanol–water partition coefficient (Wildman–Crippen LogP) is -0.889. The van der Waals surface area contributed by atoms with Gasteiger partial charge in [-0.15, -0.1) is 0 Å². The second-order valence-corrected chi connectivity index (χ2v) is 4.77. The van der Waals surface area contributed by atoms with Crippen LogP contribution in [0.25, 0.3) is 0 Å². The van der Waals surface area contributed by atoms with Crippen LogP contribution in [0.5, 0.6) is 5.75 Å². The molecule has 0 unspecified atom stereocenters. The van der Waals surface area contributed by atoms with E-state index in [9.17, 15) is 15.3 Å². The van der Waals surface area contributed by atoms with Gasteiger partial charge in [0.05, 0.1) is 6.61 Å². The number of aliphatic hydroxyl groups excluding tert-OH is 4. The lowest BCUT2D eigenvalue weighted by atomic mass is 9.99. The maximum Gasteiger partial charge on any atom is 0.229 e. The molecule has 0 bridgehead atoms. The molecule has 1 aromatic carbocycles. The third-order valence-corrected chi connectivity index (χ3v) is 3.25. The van der Waals surface area contributed by atoms with Crippen LogP contribution in [0.3, 0.4) is 0 Å². The topological polar surface area (TPSA) is 111 Å². The number of thiocarbonyl (C=S) groups is 1. The van der Waals surface area contributed by atoms with E-state index >= 15 is 0 Å². The van der Waals surface area contributed by atoms with Crippen molar-refractivity contribution >= 4 is 23.4 Å². The molecule has 7 nitrogen and oxygen atoms in total. The summed E-state index contributed by atoms with van der Waals surface area (Å²) in [6, 6.07) is 6.57. The number of rotatable bonds is 5. The average Bonchev–Trinajstić information content (AvgIpc) is 2.50. The number of anilines is 1. The largest absolute Gasteiger partial charge is 0.462 e. The second-order valence-electron chi connectivity index (χ2n) is 4.57. The Morgan fingerprint density at radius 2 is 1.81 bits per heavy atom. The fraction of sp³-hybridized carbons (Fsp3) is 0.462. The Morgan fingerprint density at radius 1 is 1.14 bits per heavy atom. The van der Waals surface area contributed by atoms with Crippen molar-refractivity contribution in [2.45, 2.75) is 30.7 Å². The molecule has 8 heteroatoms. The Labute approximate surface area is 126 Å². The van der Waals surface area contributed by atoms with E-state index in [2.05, 4.69) is 23.0 Å². The van der Waals surface area contributed by atoms with Crippen molar-refractivity contribution in [1.82, 2.24) is 0 Å². The molecular weight excluding hydrogens is 298 g/mol. The minimum Gasteiger partial charge on any atom is -0.462 e. The van der Waals surface area contributed by atoms with Crippen LogP contribution in [0.4, 0.5) is 5.69 Å². The Balaban J connectivity index is 2.05. The maximum absolute atomic E-state index is 9.84. The number of hydrogen-bond acceptors (Lipinski definition) is 7. The summed E-state index contributed by atoms with van der Waals surface area (Å²) in [5, 5.41) is 40.9. The third-order valence-electron chi connectivity index (χ3n) is 3.15. The van der Waals surface area contributed by atoms with Crippen LogP contribution in [0.15, 0.2) is 24.3 Å². The van der Waals surface area contributed by atoms with Crippen molar-refractivity contribution in [2.75, 3.05) is 11.9 Å². The number of ether oxygens (including phenoxy) is 2. The predicted molar refractivity (Wildman–Crippen MR) is 77.1 cm³/mol. The lowest BCUT2D eigenvalue weighted by Gasteiger charge is -2.39. The van der Waals surface area contributed by atoms with Crippen LogP contribution in [0.1, 0.15) is 0 Å². The van der Waals surface area contributed by atoms with Gasteiger partial charge in [-0.3, -0.25) is 0 Å². The first-order chi connectivity index (χ1) is 10.1. The van der Waals surface area contributed by atoms with Gasteiger partial charge in [-0.2, -0.15) is 0 Å². The molecule has 115 valence electrons. The van der Waals surface area contributed by atoms with Crippen molar-refractivity contribution in [3.63, 3.8) is 0 Å². The van der Waals surface area contributed by atoms with E-state index in [4.69, 9.17) is 14.6 Å². The molecule has 0 spiro atoms. The van der Waals surface area contributed by atoms with E-state index in [1.807, 2.05) is 0 Å². The summed E-state index contributed by atoms with van der Waals surface area (Å²) in [7, 11) is 0. The quantitative estimate of drug-likeness (QED) is 0.352. The van der Waals surface area contributed by atoms with Crippen molar-refractivity contribution in [3.8, 4) is 5.75 Å². The van der Waals surface area contributed by atoms with E-state index in [-0.39, 0.29) is 0 Å². The summed E-state index contributed by atoms with van der Waals surface area (Å²) in [5.74, 6) is 0.384. The molecule has 1 aromatic rings. The van der Waals surface area contributed by atoms with E-state index in [0.717, 1.165) is 0 Å². The van der Waals surface area contributed by atoms with Gasteiger partial charge in [-0.05, 0) is 24.3 Å². The monoisotopic (exact) mass is 314 g/mol. The minimum atomic E-state index is -1.47. The fourth-order valence-electron chi connectivity index (χ4n) is 1.97. The molecule has 0 aromatic heterocycles. The van der Waals surface area contributed by atoms with Crippen molar-refractivity contribution in [2.24, 2.45) is 0 Å². The lowest BCUT2D eigenvalue weighted by molar-refractivity contribution is -0.277. The molecule has 5 N–H and O–H groups in total. The maximum atomic E-state index is 9.84. The zero-order valence-electron chi connectivity index (χ0n) is 10.9. The molecule has 0 aliphatic carbocycles. The van der Waals surface area contributed by atoms with E-state index in [1.54, 1.807) is 24.3 Å². The van der Waals surface area contributed by atoms with Gasteiger partial charge in [0.2, 0.25) is 6.29 Å². The van der Waals surface area contributed by atoms with Crippen LogP contribution < -0.4 is 10.1 Å². The molecule has 0 saturated carbocycles. The van der Waals surface area contributed by atoms with Gasteiger partial charge in [0.15, 0.2) is 0 Å². The molecule has 1 aliphatic heterocycles. The summed E-state index contributed by atoms with van der Waals surface area (Å²) in [4.78, 5) is 0. The van der Waals surface area contributed by atoms with Crippen molar-refractivity contribution in [1.29, 1.82) is 0 Å². The first-order valence-electron chi connectivity index (χ1n) is 6.27. The standard InChI is InChI=1S/C13H16NO6S/c15-5-9-10(16)11(17)12(18)13(20-9)19-8-3-1-7(2-4-8)14-6-21/h1-4,9-13,15-18H,5H2,(H,14,21)/t9-,10-,11+,12-,13+/m1/s1. The zero-order chi connectivity index (χ0) is 15.4. The Kier molecular flexibility index (Phi) is 5.45. The Morgan fingerprint density at radius 3 is 2.38 bits per heavy atom. The van der Waals surface area contributed by atoms with Gasteiger partial charge in [0, 0.05) is 5.69 Å². The summed E-state index contributed by atoms with van der Waals surface area (Å²) in [6.45, 7) is -0.502. The number of nitrogens with one attached hydrogen (secondary N) is 1. The van der Waals surface area contributed by atoms with Crippen LogP contribution in [-0.2, 0) is 4.74 Å². The van der Waals surface area contributed by atoms with Gasteiger partial charge in [0.25, 0.3) is 0 Å². The molecule has 1 heterocycles. The van der Waals surface area contributed by atoms with Crippen LogP contribution in [0, 0.1) is 0 Å². The number of hydrogen-bond donors (Lipinski definition) is 5. The van der Waals surface area contributed by atoms with E-state index in [0.29, 0.717) is 11.4 Å². The van der Waals surface area contributed by atoms with Crippen molar-refractivity contribution in [3.05, 3.63) is 24.3 Å². The Bertz CT molecular complexity index is 468. The zero-order valence-corrected chi connectivity index (χ0v) is 11.7. The molecule has 1 saturated heterocycles. The Hall–Kier alpha value is -1.29. The van der Waals surface area contributed by atoms with Gasteiger partial charge >= 0.3 is 0 Å². The first-order valence-corrected chi connectivity index (χ1v) is 6.68. The highest BCUT2D eigenvalue weighted by Gasteiger charge is 2.44. The molecule has 1 aliphatic rings. The molecule has 1 fully saturated rings. The average molecular weight is 314 g/mol. The lowest BCUT2D eigenvalue weighted by Crippen LogP contribution is -2.60. The summed E-state index contributed by atoms with van der Waals surface area (Å²) >= 11 is 4.54. The smallest absolute Gasteiger partial charge is 0.229 e.